The highest BCUT2D eigenvalue weighted by molar-refractivity contribution is 8.00. The summed E-state index contributed by atoms with van der Waals surface area (Å²) in [7, 11) is -3.75. The van der Waals surface area contributed by atoms with Crippen molar-refractivity contribution in [2.75, 3.05) is 11.5 Å². The van der Waals surface area contributed by atoms with E-state index in [9.17, 15) is 18.0 Å². The Hall–Kier alpha value is -1.58. The van der Waals surface area contributed by atoms with Gasteiger partial charge in [-0.1, -0.05) is 12.1 Å². The summed E-state index contributed by atoms with van der Waals surface area (Å²) >= 11 is 1.01. The van der Waals surface area contributed by atoms with E-state index in [1.165, 1.54) is 6.07 Å². The molecular formula is C12H16N2O5S2. The second-order valence-electron chi connectivity index (χ2n) is 4.31. The van der Waals surface area contributed by atoms with Crippen LogP contribution >= 0.6 is 11.8 Å². The Morgan fingerprint density at radius 3 is 2.52 bits per heavy atom. The first-order valence-electron chi connectivity index (χ1n) is 5.88. The predicted octanol–water partition coefficient (Wildman–Crippen LogP) is 0.0764. The molecule has 0 saturated heterocycles. The van der Waals surface area contributed by atoms with E-state index in [2.05, 4.69) is 5.32 Å². The van der Waals surface area contributed by atoms with Gasteiger partial charge in [-0.15, -0.1) is 11.8 Å². The normalized spacial score (nSPS) is 11.1. The first-order valence-corrected chi connectivity index (χ1v) is 8.59. The van der Waals surface area contributed by atoms with Gasteiger partial charge in [-0.3, -0.25) is 9.59 Å². The maximum absolute atomic E-state index is 11.5. The average Bonchev–Trinajstić information content (AvgIpc) is 2.34. The highest BCUT2D eigenvalue weighted by Gasteiger charge is 2.11. The molecular weight excluding hydrogens is 316 g/mol. The number of sulfonamides is 1. The van der Waals surface area contributed by atoms with E-state index in [0.717, 1.165) is 17.3 Å². The van der Waals surface area contributed by atoms with Crippen LogP contribution in [0.15, 0.2) is 23.1 Å². The summed E-state index contributed by atoms with van der Waals surface area (Å²) in [5.74, 6) is -1.33. The molecule has 0 aliphatic heterocycles. The lowest BCUT2D eigenvalue weighted by Gasteiger charge is -2.08. The van der Waals surface area contributed by atoms with E-state index >= 15 is 0 Å². The Labute approximate surface area is 127 Å². The highest BCUT2D eigenvalue weighted by Crippen LogP contribution is 2.15. The zero-order chi connectivity index (χ0) is 16.0. The summed E-state index contributed by atoms with van der Waals surface area (Å²) in [5.41, 5.74) is 1.24. The number of nitrogens with one attached hydrogen (secondary N) is 1. The van der Waals surface area contributed by atoms with Crippen molar-refractivity contribution in [1.82, 2.24) is 5.32 Å². The van der Waals surface area contributed by atoms with Gasteiger partial charge in [0.05, 0.1) is 16.4 Å². The maximum Gasteiger partial charge on any atom is 0.313 e. The summed E-state index contributed by atoms with van der Waals surface area (Å²) in [5, 5.41) is 16.1. The Morgan fingerprint density at radius 1 is 1.33 bits per heavy atom. The number of hydrogen-bond donors (Lipinski definition) is 3. The molecule has 1 aromatic carbocycles. The lowest BCUT2D eigenvalue weighted by atomic mass is 10.1. The molecule has 21 heavy (non-hydrogen) atoms. The molecule has 0 aliphatic carbocycles. The number of carbonyl (C=O) groups is 2. The van der Waals surface area contributed by atoms with Gasteiger partial charge in [-0.2, -0.15) is 0 Å². The topological polar surface area (TPSA) is 127 Å². The number of nitrogens with two attached hydrogens (primary N) is 1. The number of aryl methyl sites for hydroxylation is 1. The second-order valence-corrected chi connectivity index (χ2v) is 6.82. The zero-order valence-electron chi connectivity index (χ0n) is 11.3. The van der Waals surface area contributed by atoms with Crippen LogP contribution in [0.5, 0.6) is 0 Å². The first kappa shape index (κ1) is 17.5. The molecule has 0 aromatic heterocycles. The summed E-state index contributed by atoms with van der Waals surface area (Å²) in [6.07, 6.45) is 0. The Morgan fingerprint density at radius 2 is 2.00 bits per heavy atom. The molecule has 116 valence electrons. The van der Waals surface area contributed by atoms with Gasteiger partial charge in [0.2, 0.25) is 15.9 Å². The number of thioether (sulfide) groups is 1. The molecule has 0 bridgehead atoms. The Bertz CT molecular complexity index is 643. The number of primary sulfonamides is 1. The second kappa shape index (κ2) is 7.43. The van der Waals surface area contributed by atoms with Crippen molar-refractivity contribution in [3.05, 3.63) is 29.3 Å². The van der Waals surface area contributed by atoms with Crippen molar-refractivity contribution in [3.8, 4) is 0 Å². The number of carboxylic acid groups (broad SMARTS) is 1. The largest absolute Gasteiger partial charge is 0.481 e. The fourth-order valence-corrected chi connectivity index (χ4v) is 2.95. The summed E-state index contributed by atoms with van der Waals surface area (Å²) in [4.78, 5) is 21.8. The number of carboxylic acids is 1. The van der Waals surface area contributed by atoms with Crippen LogP contribution in [-0.4, -0.2) is 36.9 Å². The Kier molecular flexibility index (Phi) is 6.19. The number of carbonyl (C=O) groups excluding carboxylic acids is 1. The molecule has 0 atom stereocenters. The van der Waals surface area contributed by atoms with Crippen molar-refractivity contribution in [3.63, 3.8) is 0 Å². The molecule has 7 nitrogen and oxygen atoms in total. The van der Waals surface area contributed by atoms with Gasteiger partial charge >= 0.3 is 5.97 Å². The molecule has 0 heterocycles. The van der Waals surface area contributed by atoms with Crippen molar-refractivity contribution >= 4 is 33.7 Å². The number of hydrogen-bond acceptors (Lipinski definition) is 5. The van der Waals surface area contributed by atoms with Gasteiger partial charge in [0.25, 0.3) is 0 Å². The summed E-state index contributed by atoms with van der Waals surface area (Å²) in [6.45, 7) is 1.85. The average molecular weight is 332 g/mol. The minimum Gasteiger partial charge on any atom is -0.481 e. The van der Waals surface area contributed by atoms with Crippen molar-refractivity contribution < 1.29 is 23.1 Å². The van der Waals surface area contributed by atoms with Crippen LogP contribution in [0, 0.1) is 6.92 Å². The lowest BCUT2D eigenvalue weighted by molar-refractivity contribution is -0.133. The molecule has 0 aliphatic rings. The minimum atomic E-state index is -3.75. The molecule has 0 radical (unpaired) electrons. The summed E-state index contributed by atoms with van der Waals surface area (Å²) < 4.78 is 22.5. The van der Waals surface area contributed by atoms with E-state index in [0.29, 0.717) is 5.56 Å². The van der Waals surface area contributed by atoms with Crippen molar-refractivity contribution in [2.24, 2.45) is 5.14 Å². The van der Waals surface area contributed by atoms with E-state index in [1.807, 2.05) is 0 Å². The van der Waals surface area contributed by atoms with E-state index in [-0.39, 0.29) is 28.9 Å². The maximum atomic E-state index is 11.5. The molecule has 0 saturated carbocycles. The number of amides is 1. The zero-order valence-corrected chi connectivity index (χ0v) is 13.0. The van der Waals surface area contributed by atoms with Crippen molar-refractivity contribution in [2.45, 2.75) is 18.4 Å². The highest BCUT2D eigenvalue weighted by atomic mass is 32.2. The number of rotatable bonds is 7. The third kappa shape index (κ3) is 6.15. The number of benzene rings is 1. The van der Waals surface area contributed by atoms with E-state index in [1.54, 1.807) is 19.1 Å². The van der Waals surface area contributed by atoms with Crippen LogP contribution in [0.1, 0.15) is 11.1 Å². The van der Waals surface area contributed by atoms with Gasteiger partial charge in [0.15, 0.2) is 0 Å². The molecule has 0 spiro atoms. The predicted molar refractivity (Wildman–Crippen MR) is 79.4 cm³/mol. The van der Waals surface area contributed by atoms with Crippen LogP contribution in [0.2, 0.25) is 0 Å². The molecule has 4 N–H and O–H groups in total. The van der Waals surface area contributed by atoms with Crippen molar-refractivity contribution in [1.29, 1.82) is 0 Å². The smallest absolute Gasteiger partial charge is 0.313 e. The van der Waals surface area contributed by atoms with Gasteiger partial charge < -0.3 is 10.4 Å². The van der Waals surface area contributed by atoms with Crippen LogP contribution in [0.3, 0.4) is 0 Å². The van der Waals surface area contributed by atoms with Gasteiger partial charge in [0, 0.05) is 6.54 Å². The van der Waals surface area contributed by atoms with E-state index in [4.69, 9.17) is 10.2 Å². The molecule has 1 rings (SSSR count). The summed E-state index contributed by atoms with van der Waals surface area (Å²) in [6, 6.07) is 4.59. The molecule has 0 unspecified atom stereocenters. The fourth-order valence-electron chi connectivity index (χ4n) is 1.62. The molecule has 9 heteroatoms. The van der Waals surface area contributed by atoms with Crippen LogP contribution in [0.4, 0.5) is 0 Å². The lowest BCUT2D eigenvalue weighted by Crippen LogP contribution is -2.25. The Balaban J connectivity index is 2.55. The van der Waals surface area contributed by atoms with Crippen LogP contribution < -0.4 is 10.5 Å². The number of aliphatic carboxylic acids is 1. The first-order chi connectivity index (χ1) is 9.70. The third-order valence-corrected chi connectivity index (χ3v) is 4.48. The minimum absolute atomic E-state index is 0.0505. The molecule has 1 aromatic rings. The molecule has 0 fully saturated rings. The van der Waals surface area contributed by atoms with Gasteiger partial charge in [-0.05, 0) is 24.1 Å². The fraction of sp³-hybridized carbons (Fsp3) is 0.333. The SMILES string of the molecule is Cc1cc(CNC(=O)CSCC(=O)O)ccc1S(N)(=O)=O. The monoisotopic (exact) mass is 332 g/mol. The van der Waals surface area contributed by atoms with Crippen LogP contribution in [-0.2, 0) is 26.2 Å². The van der Waals surface area contributed by atoms with Gasteiger partial charge in [-0.25, -0.2) is 13.6 Å². The third-order valence-electron chi connectivity index (χ3n) is 2.49. The quantitative estimate of drug-likeness (QED) is 0.649. The van der Waals surface area contributed by atoms with Crippen LogP contribution in [0.25, 0.3) is 0 Å². The standard InChI is InChI=1S/C12H16N2O5S2/c1-8-4-9(2-3-10(8)21(13,18)19)5-14-11(15)6-20-7-12(16)17/h2-4H,5-7H2,1H3,(H,14,15)(H,16,17)(H2,13,18,19). The van der Waals surface area contributed by atoms with E-state index < -0.39 is 16.0 Å². The molecule has 1 amide bonds. The van der Waals surface area contributed by atoms with Gasteiger partial charge in [0.1, 0.15) is 0 Å².